The first-order chi connectivity index (χ1) is 8.43. The summed E-state index contributed by atoms with van der Waals surface area (Å²) in [6, 6.07) is 9.97. The van der Waals surface area contributed by atoms with Crippen LogP contribution < -0.4 is 0 Å². The smallest absolute Gasteiger partial charge is 0.306 e. The topological polar surface area (TPSA) is 57.5 Å². The fourth-order valence-corrected chi connectivity index (χ4v) is 2.05. The van der Waals surface area contributed by atoms with Crippen molar-refractivity contribution in [2.45, 2.75) is 39.2 Å². The minimum Gasteiger partial charge on any atom is -0.481 e. The average molecular weight is 250 g/mol. The van der Waals surface area contributed by atoms with Gasteiger partial charge in [0.15, 0.2) is 0 Å². The van der Waals surface area contributed by atoms with Gasteiger partial charge < -0.3 is 10.2 Å². The summed E-state index contributed by atoms with van der Waals surface area (Å²) in [4.78, 5) is 10.9. The fourth-order valence-electron chi connectivity index (χ4n) is 2.05. The van der Waals surface area contributed by atoms with E-state index in [9.17, 15) is 9.90 Å². The molecule has 2 N–H and O–H groups in total. The van der Waals surface area contributed by atoms with Gasteiger partial charge in [0.25, 0.3) is 0 Å². The van der Waals surface area contributed by atoms with Crippen LogP contribution in [0.2, 0.25) is 0 Å². The summed E-state index contributed by atoms with van der Waals surface area (Å²) in [5, 5.41) is 19.0. The third kappa shape index (κ3) is 3.84. The van der Waals surface area contributed by atoms with Gasteiger partial charge in [0.05, 0.1) is 12.0 Å². The first-order valence-corrected chi connectivity index (χ1v) is 6.39. The maximum absolute atomic E-state index is 10.9. The molecule has 0 aliphatic carbocycles. The number of hydrogen-bond acceptors (Lipinski definition) is 2. The van der Waals surface area contributed by atoms with E-state index in [1.807, 2.05) is 30.3 Å². The normalized spacial score (nSPS) is 17.8. The highest BCUT2D eigenvalue weighted by Crippen LogP contribution is 2.26. The molecule has 0 saturated carbocycles. The molecule has 1 aromatic rings. The average Bonchev–Trinajstić information content (AvgIpc) is 2.37. The number of carboxylic acids is 1. The van der Waals surface area contributed by atoms with Crippen LogP contribution in [0.25, 0.3) is 0 Å². The third-order valence-corrected chi connectivity index (χ3v) is 3.75. The van der Waals surface area contributed by atoms with Gasteiger partial charge in [0.2, 0.25) is 0 Å². The number of hydrogen-bond donors (Lipinski definition) is 2. The largest absolute Gasteiger partial charge is 0.481 e. The minimum atomic E-state index is -0.853. The van der Waals surface area contributed by atoms with Crippen LogP contribution in [-0.4, -0.2) is 22.3 Å². The molecule has 0 amide bonds. The van der Waals surface area contributed by atoms with Crippen molar-refractivity contribution in [1.29, 1.82) is 0 Å². The zero-order chi connectivity index (χ0) is 13.7. The lowest BCUT2D eigenvalue weighted by atomic mass is 9.84. The van der Waals surface area contributed by atoms with Crippen LogP contribution in [0.1, 0.15) is 38.7 Å². The summed E-state index contributed by atoms with van der Waals surface area (Å²) in [6.07, 6.45) is -0.00527. The highest BCUT2D eigenvalue weighted by atomic mass is 16.4. The molecule has 0 saturated heterocycles. The van der Waals surface area contributed by atoms with Crippen molar-refractivity contribution in [2.75, 3.05) is 0 Å². The van der Waals surface area contributed by atoms with Crippen molar-refractivity contribution < 1.29 is 15.0 Å². The van der Waals surface area contributed by atoms with Crippen LogP contribution in [0, 0.1) is 11.8 Å². The van der Waals surface area contributed by atoms with E-state index in [0.29, 0.717) is 6.42 Å². The molecule has 1 rings (SSSR count). The summed E-state index contributed by atoms with van der Waals surface area (Å²) < 4.78 is 0. The molecule has 100 valence electrons. The molecule has 0 fully saturated rings. The van der Waals surface area contributed by atoms with Crippen LogP contribution in [0.15, 0.2) is 30.3 Å². The van der Waals surface area contributed by atoms with Gasteiger partial charge in [-0.15, -0.1) is 0 Å². The van der Waals surface area contributed by atoms with Gasteiger partial charge in [-0.1, -0.05) is 51.1 Å². The molecule has 0 bridgehead atoms. The lowest BCUT2D eigenvalue weighted by Crippen LogP contribution is -2.29. The number of aliphatic hydroxyl groups is 1. The van der Waals surface area contributed by atoms with Crippen LogP contribution >= 0.6 is 0 Å². The fraction of sp³-hybridized carbons (Fsp3) is 0.533. The lowest BCUT2D eigenvalue weighted by Gasteiger charge is -2.25. The Bertz CT molecular complexity index is 375. The monoisotopic (exact) mass is 250 g/mol. The van der Waals surface area contributed by atoms with E-state index in [1.54, 1.807) is 13.8 Å². The molecule has 0 spiro atoms. The van der Waals surface area contributed by atoms with Gasteiger partial charge in [-0.25, -0.2) is 0 Å². The molecule has 0 aromatic heterocycles. The molecule has 3 nitrogen and oxygen atoms in total. The minimum absolute atomic E-state index is 0.227. The van der Waals surface area contributed by atoms with Gasteiger partial charge in [0, 0.05) is 0 Å². The summed E-state index contributed by atoms with van der Waals surface area (Å²) in [5.41, 5.74) is 1.17. The van der Waals surface area contributed by atoms with E-state index < -0.39 is 18.0 Å². The van der Waals surface area contributed by atoms with E-state index in [2.05, 4.69) is 6.92 Å². The maximum atomic E-state index is 10.9. The third-order valence-electron chi connectivity index (χ3n) is 3.75. The van der Waals surface area contributed by atoms with Crippen molar-refractivity contribution in [1.82, 2.24) is 0 Å². The zero-order valence-electron chi connectivity index (χ0n) is 11.2. The highest BCUT2D eigenvalue weighted by molar-refractivity contribution is 5.69. The van der Waals surface area contributed by atoms with E-state index in [4.69, 9.17) is 5.11 Å². The van der Waals surface area contributed by atoms with Crippen LogP contribution in [0.4, 0.5) is 0 Å². The van der Waals surface area contributed by atoms with E-state index in [0.717, 1.165) is 0 Å². The number of aliphatic hydroxyl groups excluding tert-OH is 1. The van der Waals surface area contributed by atoms with Crippen molar-refractivity contribution in [3.63, 3.8) is 0 Å². The first-order valence-electron chi connectivity index (χ1n) is 6.39. The molecular formula is C15H22O3. The Hall–Kier alpha value is -1.35. The van der Waals surface area contributed by atoms with Crippen LogP contribution in [0.5, 0.6) is 0 Å². The van der Waals surface area contributed by atoms with Crippen LogP contribution in [-0.2, 0) is 4.79 Å². The summed E-state index contributed by atoms with van der Waals surface area (Å²) in [7, 11) is 0. The van der Waals surface area contributed by atoms with Crippen molar-refractivity contribution >= 4 is 5.97 Å². The maximum Gasteiger partial charge on any atom is 0.306 e. The molecule has 3 heteroatoms. The number of benzene rings is 1. The van der Waals surface area contributed by atoms with Gasteiger partial charge >= 0.3 is 5.97 Å². The molecule has 0 aliphatic heterocycles. The van der Waals surface area contributed by atoms with Crippen molar-refractivity contribution in [3.05, 3.63) is 35.9 Å². The van der Waals surface area contributed by atoms with Gasteiger partial charge in [-0.2, -0.15) is 0 Å². The Kier molecular flexibility index (Phi) is 5.35. The Morgan fingerprint density at radius 3 is 2.22 bits per heavy atom. The highest BCUT2D eigenvalue weighted by Gasteiger charge is 2.27. The van der Waals surface area contributed by atoms with Crippen molar-refractivity contribution in [2.24, 2.45) is 11.8 Å². The molecule has 4 unspecified atom stereocenters. The first kappa shape index (κ1) is 14.7. The molecule has 0 radical (unpaired) electrons. The summed E-state index contributed by atoms with van der Waals surface area (Å²) >= 11 is 0. The molecule has 4 atom stereocenters. The number of carboxylic acid groups (broad SMARTS) is 1. The lowest BCUT2D eigenvalue weighted by molar-refractivity contribution is -0.144. The van der Waals surface area contributed by atoms with Gasteiger partial charge in [0.1, 0.15) is 0 Å². The van der Waals surface area contributed by atoms with Crippen LogP contribution in [0.3, 0.4) is 0 Å². The number of carbonyl (C=O) groups is 1. The zero-order valence-corrected chi connectivity index (χ0v) is 11.2. The molecule has 1 aromatic carbocycles. The molecule has 0 heterocycles. The Morgan fingerprint density at radius 1 is 1.17 bits per heavy atom. The Morgan fingerprint density at radius 2 is 1.72 bits per heavy atom. The second kappa shape index (κ2) is 6.55. The molecule has 18 heavy (non-hydrogen) atoms. The Labute approximate surface area is 108 Å². The predicted octanol–water partition coefficient (Wildman–Crippen LogP) is 2.90. The quantitative estimate of drug-likeness (QED) is 0.816. The second-order valence-corrected chi connectivity index (χ2v) is 5.10. The SMILES string of the molecule is CC(CC(O)C(C)C(C)C(=O)O)c1ccccc1. The number of rotatable bonds is 6. The standard InChI is InChI=1S/C15H22O3/c1-10(13-7-5-4-6-8-13)9-14(16)11(2)12(3)15(17)18/h4-8,10-12,14,16H,9H2,1-3H3,(H,17,18). The van der Waals surface area contributed by atoms with E-state index >= 15 is 0 Å². The Balaban J connectivity index is 2.59. The van der Waals surface area contributed by atoms with E-state index in [-0.39, 0.29) is 11.8 Å². The van der Waals surface area contributed by atoms with Gasteiger partial charge in [-0.3, -0.25) is 4.79 Å². The van der Waals surface area contributed by atoms with E-state index in [1.165, 1.54) is 5.56 Å². The number of aliphatic carboxylic acids is 1. The van der Waals surface area contributed by atoms with Gasteiger partial charge in [-0.05, 0) is 23.8 Å². The second-order valence-electron chi connectivity index (χ2n) is 5.10. The predicted molar refractivity (Wildman–Crippen MR) is 71.4 cm³/mol. The molecule has 0 aliphatic rings. The summed E-state index contributed by atoms with van der Waals surface area (Å²) in [6.45, 7) is 5.49. The molecular weight excluding hydrogens is 228 g/mol. The summed E-state index contributed by atoms with van der Waals surface area (Å²) in [5.74, 6) is -1.39. The van der Waals surface area contributed by atoms with Crippen molar-refractivity contribution in [3.8, 4) is 0 Å².